The minimum absolute atomic E-state index is 0.163. The molecule has 0 bridgehead atoms. The predicted molar refractivity (Wildman–Crippen MR) is 109 cm³/mol. The third kappa shape index (κ3) is 4.04. The number of fused-ring (bicyclic) bond motifs is 1. The van der Waals surface area contributed by atoms with Crippen molar-refractivity contribution in [1.82, 2.24) is 14.5 Å². The van der Waals surface area contributed by atoms with Crippen LogP contribution in [0.1, 0.15) is 16.8 Å². The number of amides is 1. The first-order valence-electron chi connectivity index (χ1n) is 8.97. The minimum atomic E-state index is -3.63. The number of aliphatic imine (C=N–C) groups is 1. The van der Waals surface area contributed by atoms with Gasteiger partial charge in [-0.15, -0.1) is 0 Å². The molecule has 0 spiro atoms. The van der Waals surface area contributed by atoms with Crippen molar-refractivity contribution in [3.63, 3.8) is 0 Å². The van der Waals surface area contributed by atoms with Gasteiger partial charge in [-0.3, -0.25) is 14.5 Å². The number of nitrogens with zero attached hydrogens (tertiary/aromatic N) is 3. The Morgan fingerprint density at radius 3 is 2.66 bits per heavy atom. The third-order valence-electron chi connectivity index (χ3n) is 4.39. The van der Waals surface area contributed by atoms with Gasteiger partial charge in [0, 0.05) is 11.6 Å². The number of nitrogens with one attached hydrogen (secondary N) is 2. The van der Waals surface area contributed by atoms with Crippen molar-refractivity contribution in [2.75, 3.05) is 11.9 Å². The van der Waals surface area contributed by atoms with Crippen LogP contribution in [0.2, 0.25) is 0 Å². The maximum absolute atomic E-state index is 12.4. The summed E-state index contributed by atoms with van der Waals surface area (Å²) in [5.41, 5.74) is 2.30. The lowest BCUT2D eigenvalue weighted by molar-refractivity contribution is -0.114. The van der Waals surface area contributed by atoms with Crippen LogP contribution in [0.3, 0.4) is 0 Å². The Kier molecular flexibility index (Phi) is 4.89. The number of hydrogen-bond acceptors (Lipinski definition) is 5. The molecule has 4 rings (SSSR count). The van der Waals surface area contributed by atoms with E-state index in [-0.39, 0.29) is 23.2 Å². The highest BCUT2D eigenvalue weighted by Gasteiger charge is 2.30. The van der Waals surface area contributed by atoms with E-state index in [0.29, 0.717) is 17.9 Å². The number of hydrogen-bond donors (Lipinski definition) is 2. The second kappa shape index (κ2) is 7.51. The second-order valence-electron chi connectivity index (χ2n) is 6.63. The average molecular weight is 409 g/mol. The van der Waals surface area contributed by atoms with Crippen molar-refractivity contribution in [3.05, 3.63) is 77.5 Å². The largest absolute Gasteiger partial charge is 0.309 e. The van der Waals surface area contributed by atoms with E-state index in [1.807, 2.05) is 37.3 Å². The molecule has 1 aliphatic heterocycles. The van der Waals surface area contributed by atoms with E-state index in [0.717, 1.165) is 11.3 Å². The first kappa shape index (κ1) is 18.9. The highest BCUT2D eigenvalue weighted by molar-refractivity contribution is 7.90. The molecule has 2 N–H and O–H groups in total. The average Bonchev–Trinajstić information content (AvgIpc) is 3.17. The van der Waals surface area contributed by atoms with Gasteiger partial charge < -0.3 is 5.32 Å². The molecule has 29 heavy (non-hydrogen) atoms. The fourth-order valence-corrected chi connectivity index (χ4v) is 4.36. The summed E-state index contributed by atoms with van der Waals surface area (Å²) in [6.45, 7) is 2.15. The molecular weight excluding hydrogens is 390 g/mol. The van der Waals surface area contributed by atoms with Gasteiger partial charge in [-0.05, 0) is 24.6 Å². The fraction of sp³-hybridized carbons (Fsp3) is 0.150. The molecule has 1 aliphatic rings. The SMILES string of the molecule is Cc1cc(NC(=O)CN=C2NS(=O)(=O)c3ccccc32)n(Cc2ccccc2)n1. The Hall–Kier alpha value is -3.46. The van der Waals surface area contributed by atoms with Gasteiger partial charge in [0.25, 0.3) is 10.0 Å². The maximum atomic E-state index is 12.4. The molecular formula is C20H19N5O3S. The van der Waals surface area contributed by atoms with Crippen molar-refractivity contribution in [2.24, 2.45) is 4.99 Å². The Morgan fingerprint density at radius 2 is 1.86 bits per heavy atom. The Balaban J connectivity index is 1.48. The van der Waals surface area contributed by atoms with Gasteiger partial charge >= 0.3 is 0 Å². The Bertz CT molecular complexity index is 1200. The number of carbonyl (C=O) groups excluding carboxylic acids is 1. The van der Waals surface area contributed by atoms with Crippen molar-refractivity contribution in [3.8, 4) is 0 Å². The van der Waals surface area contributed by atoms with Gasteiger partial charge in [0.1, 0.15) is 18.2 Å². The van der Waals surface area contributed by atoms with Gasteiger partial charge in [-0.1, -0.05) is 42.5 Å². The van der Waals surface area contributed by atoms with Crippen LogP contribution in [-0.2, 0) is 21.4 Å². The van der Waals surface area contributed by atoms with E-state index in [4.69, 9.17) is 0 Å². The zero-order chi connectivity index (χ0) is 20.4. The van der Waals surface area contributed by atoms with Crippen LogP contribution < -0.4 is 10.0 Å². The predicted octanol–water partition coefficient (Wildman–Crippen LogP) is 1.92. The standard InChI is InChI=1S/C20H19N5O3S/c1-14-11-18(25(23-14)13-15-7-3-2-4-8-15)22-19(26)12-21-20-16-9-5-6-10-17(16)29(27,28)24-20/h2-11H,12-13H2,1H3,(H,21,24)(H,22,26). The first-order valence-corrected chi connectivity index (χ1v) is 10.5. The number of amidine groups is 1. The highest BCUT2D eigenvalue weighted by Crippen LogP contribution is 2.22. The number of rotatable bonds is 5. The molecule has 0 saturated heterocycles. The quantitative estimate of drug-likeness (QED) is 0.671. The zero-order valence-electron chi connectivity index (χ0n) is 15.7. The summed E-state index contributed by atoms with van der Waals surface area (Å²) in [4.78, 5) is 16.7. The molecule has 2 heterocycles. The van der Waals surface area contributed by atoms with Crippen LogP contribution in [-0.4, -0.2) is 36.5 Å². The Labute approximate surface area is 168 Å². The van der Waals surface area contributed by atoms with Crippen LogP contribution in [0.25, 0.3) is 0 Å². The van der Waals surface area contributed by atoms with Crippen LogP contribution in [0.15, 0.2) is 70.6 Å². The molecule has 2 aromatic carbocycles. The molecule has 148 valence electrons. The van der Waals surface area contributed by atoms with Crippen molar-refractivity contribution in [2.45, 2.75) is 18.4 Å². The smallest absolute Gasteiger partial charge is 0.263 e. The molecule has 0 atom stereocenters. The maximum Gasteiger partial charge on any atom is 0.263 e. The number of sulfonamides is 1. The first-order chi connectivity index (χ1) is 13.9. The van der Waals surface area contributed by atoms with Crippen LogP contribution in [0, 0.1) is 6.92 Å². The number of carbonyl (C=O) groups is 1. The molecule has 3 aromatic rings. The molecule has 0 fully saturated rings. The molecule has 0 unspecified atom stereocenters. The van der Waals surface area contributed by atoms with Crippen LogP contribution in [0.4, 0.5) is 5.82 Å². The van der Waals surface area contributed by atoms with E-state index in [1.165, 1.54) is 6.07 Å². The molecule has 0 radical (unpaired) electrons. The fourth-order valence-electron chi connectivity index (χ4n) is 3.11. The normalized spacial score (nSPS) is 15.7. The topological polar surface area (TPSA) is 105 Å². The summed E-state index contributed by atoms with van der Waals surface area (Å²) < 4.78 is 28.3. The molecule has 1 amide bonds. The number of aromatic nitrogens is 2. The van der Waals surface area contributed by atoms with Gasteiger partial charge in [-0.2, -0.15) is 5.10 Å². The number of aryl methyl sites for hydroxylation is 1. The van der Waals surface area contributed by atoms with Gasteiger partial charge in [0.2, 0.25) is 5.91 Å². The number of anilines is 1. The second-order valence-corrected chi connectivity index (χ2v) is 8.28. The zero-order valence-corrected chi connectivity index (χ0v) is 16.5. The highest BCUT2D eigenvalue weighted by atomic mass is 32.2. The monoisotopic (exact) mass is 409 g/mol. The van der Waals surface area contributed by atoms with Crippen molar-refractivity contribution >= 4 is 27.6 Å². The molecule has 9 heteroatoms. The van der Waals surface area contributed by atoms with Crippen molar-refractivity contribution < 1.29 is 13.2 Å². The number of benzene rings is 2. The van der Waals surface area contributed by atoms with Crippen LogP contribution in [0.5, 0.6) is 0 Å². The molecule has 0 saturated carbocycles. The lowest BCUT2D eigenvalue weighted by atomic mass is 10.2. The van der Waals surface area contributed by atoms with Crippen molar-refractivity contribution in [1.29, 1.82) is 0 Å². The summed E-state index contributed by atoms with van der Waals surface area (Å²) in [6, 6.07) is 18.1. The lowest BCUT2D eigenvalue weighted by Crippen LogP contribution is -2.25. The summed E-state index contributed by atoms with van der Waals surface area (Å²) in [5, 5.41) is 7.22. The van der Waals surface area contributed by atoms with E-state index in [2.05, 4.69) is 20.1 Å². The molecule has 0 aliphatic carbocycles. The van der Waals surface area contributed by atoms with E-state index in [9.17, 15) is 13.2 Å². The van der Waals surface area contributed by atoms with Crippen LogP contribution >= 0.6 is 0 Å². The van der Waals surface area contributed by atoms with E-state index >= 15 is 0 Å². The molecule has 8 nitrogen and oxygen atoms in total. The van der Waals surface area contributed by atoms with E-state index in [1.54, 1.807) is 28.9 Å². The minimum Gasteiger partial charge on any atom is -0.309 e. The summed E-state index contributed by atoms with van der Waals surface area (Å²) in [6.07, 6.45) is 0. The summed E-state index contributed by atoms with van der Waals surface area (Å²) in [7, 11) is -3.63. The van der Waals surface area contributed by atoms with E-state index < -0.39 is 10.0 Å². The van der Waals surface area contributed by atoms with Gasteiger partial charge in [-0.25, -0.2) is 13.1 Å². The summed E-state index contributed by atoms with van der Waals surface area (Å²) >= 11 is 0. The lowest BCUT2D eigenvalue weighted by Gasteiger charge is -2.08. The third-order valence-corrected chi connectivity index (χ3v) is 5.79. The molecule has 1 aromatic heterocycles. The Morgan fingerprint density at radius 1 is 1.14 bits per heavy atom. The van der Waals surface area contributed by atoms with Gasteiger partial charge in [0.05, 0.1) is 17.1 Å². The summed E-state index contributed by atoms with van der Waals surface area (Å²) in [5.74, 6) is 0.365. The van der Waals surface area contributed by atoms with Gasteiger partial charge in [0.15, 0.2) is 0 Å².